The van der Waals surface area contributed by atoms with Crippen LogP contribution in [0, 0.1) is 0 Å². The summed E-state index contributed by atoms with van der Waals surface area (Å²) in [6, 6.07) is 1.73. The lowest BCUT2D eigenvalue weighted by Gasteiger charge is -2.25. The van der Waals surface area contributed by atoms with Crippen LogP contribution in [0.25, 0.3) is 10.1 Å². The van der Waals surface area contributed by atoms with Gasteiger partial charge in [0.05, 0.1) is 10.4 Å². The van der Waals surface area contributed by atoms with Crippen molar-refractivity contribution in [2.75, 3.05) is 18.8 Å². The van der Waals surface area contributed by atoms with Crippen molar-refractivity contribution >= 4 is 44.8 Å². The number of carbonyl (C=O) groups excluding carboxylic acids is 3. The molecule has 1 aliphatic rings. The molecule has 3 amide bonds. The van der Waals surface area contributed by atoms with Gasteiger partial charge in [-0.3, -0.25) is 24.7 Å². The van der Waals surface area contributed by atoms with Gasteiger partial charge in [0.2, 0.25) is 11.8 Å². The summed E-state index contributed by atoms with van der Waals surface area (Å²) in [5.41, 5.74) is 6.32. The third-order valence-electron chi connectivity index (χ3n) is 2.96. The number of hydrogen-bond acceptors (Lipinski definition) is 6. The number of nitrogens with zero attached hydrogens (tertiary/aromatic N) is 2. The van der Waals surface area contributed by atoms with Gasteiger partial charge in [-0.05, 0) is 6.07 Å². The van der Waals surface area contributed by atoms with Crippen LogP contribution in [0.15, 0.2) is 18.5 Å². The standard InChI is InChI=1S/C12H10N4O3S/c13-10-6-1-2-14-3-7(6)20-11(10)12(19)16-4-8(17)15-9(18)5-16/h1-3H,4-5,13H2,(H,15,17,18). The van der Waals surface area contributed by atoms with Crippen LogP contribution >= 0.6 is 11.3 Å². The molecular weight excluding hydrogens is 280 g/mol. The summed E-state index contributed by atoms with van der Waals surface area (Å²) in [4.78, 5) is 40.5. The fourth-order valence-corrected chi connectivity index (χ4v) is 3.11. The summed E-state index contributed by atoms with van der Waals surface area (Å²) >= 11 is 1.21. The van der Waals surface area contributed by atoms with Crippen molar-refractivity contribution in [3.63, 3.8) is 0 Å². The smallest absolute Gasteiger partial charge is 0.267 e. The van der Waals surface area contributed by atoms with Crippen molar-refractivity contribution in [1.82, 2.24) is 15.2 Å². The molecule has 0 saturated carbocycles. The first-order valence-electron chi connectivity index (χ1n) is 5.80. The zero-order valence-electron chi connectivity index (χ0n) is 10.3. The number of anilines is 1. The maximum absolute atomic E-state index is 12.4. The molecule has 0 aromatic carbocycles. The van der Waals surface area contributed by atoms with Gasteiger partial charge >= 0.3 is 0 Å². The number of amides is 3. The molecule has 8 heteroatoms. The van der Waals surface area contributed by atoms with Crippen LogP contribution in [-0.4, -0.2) is 40.7 Å². The summed E-state index contributed by atoms with van der Waals surface area (Å²) in [5, 5.41) is 2.90. The molecule has 0 atom stereocenters. The monoisotopic (exact) mass is 290 g/mol. The van der Waals surface area contributed by atoms with Gasteiger partial charge in [0.1, 0.15) is 18.0 Å². The second-order valence-electron chi connectivity index (χ2n) is 4.35. The van der Waals surface area contributed by atoms with Crippen LogP contribution in [-0.2, 0) is 9.59 Å². The van der Waals surface area contributed by atoms with Gasteiger partial charge in [-0.1, -0.05) is 0 Å². The van der Waals surface area contributed by atoms with Crippen molar-refractivity contribution in [3.8, 4) is 0 Å². The highest BCUT2D eigenvalue weighted by molar-refractivity contribution is 7.21. The fraction of sp³-hybridized carbons (Fsp3) is 0.167. The van der Waals surface area contributed by atoms with Gasteiger partial charge in [0.15, 0.2) is 0 Å². The van der Waals surface area contributed by atoms with E-state index >= 15 is 0 Å². The highest BCUT2D eigenvalue weighted by Gasteiger charge is 2.29. The van der Waals surface area contributed by atoms with E-state index in [0.717, 1.165) is 10.1 Å². The molecule has 1 aliphatic heterocycles. The third-order valence-corrected chi connectivity index (χ3v) is 4.10. The minimum Gasteiger partial charge on any atom is -0.397 e. The zero-order valence-corrected chi connectivity index (χ0v) is 11.1. The second kappa shape index (κ2) is 4.57. The topological polar surface area (TPSA) is 105 Å². The lowest BCUT2D eigenvalue weighted by molar-refractivity contribution is -0.135. The van der Waals surface area contributed by atoms with E-state index in [4.69, 9.17) is 5.73 Å². The number of piperazine rings is 1. The van der Waals surface area contributed by atoms with E-state index in [1.54, 1.807) is 18.5 Å². The Kier molecular flexibility index (Phi) is 2.87. The van der Waals surface area contributed by atoms with E-state index in [-0.39, 0.29) is 13.1 Å². The molecule has 2 aromatic heterocycles. The summed E-state index contributed by atoms with van der Waals surface area (Å²) in [6.07, 6.45) is 3.22. The maximum atomic E-state index is 12.4. The van der Waals surface area contributed by atoms with Crippen molar-refractivity contribution in [2.45, 2.75) is 0 Å². The highest BCUT2D eigenvalue weighted by Crippen LogP contribution is 2.33. The largest absolute Gasteiger partial charge is 0.397 e. The van der Waals surface area contributed by atoms with Crippen LogP contribution in [0.2, 0.25) is 0 Å². The van der Waals surface area contributed by atoms with Gasteiger partial charge in [-0.25, -0.2) is 0 Å². The summed E-state index contributed by atoms with van der Waals surface area (Å²) in [5.74, 6) is -1.39. The summed E-state index contributed by atoms with van der Waals surface area (Å²) in [7, 11) is 0. The average molecular weight is 290 g/mol. The second-order valence-corrected chi connectivity index (χ2v) is 5.40. The molecule has 1 fully saturated rings. The Morgan fingerprint density at radius 1 is 1.35 bits per heavy atom. The predicted octanol–water partition coefficient (Wildman–Crippen LogP) is -0.0229. The first-order chi connectivity index (χ1) is 9.56. The normalized spacial score (nSPS) is 15.5. The van der Waals surface area contributed by atoms with Crippen LogP contribution in [0.5, 0.6) is 0 Å². The van der Waals surface area contributed by atoms with Crippen molar-refractivity contribution in [1.29, 1.82) is 0 Å². The number of nitrogens with one attached hydrogen (secondary N) is 1. The Morgan fingerprint density at radius 3 is 2.70 bits per heavy atom. The Balaban J connectivity index is 1.98. The Labute approximate surface area is 117 Å². The molecular formula is C12H10N4O3S. The van der Waals surface area contributed by atoms with Crippen molar-refractivity contribution in [3.05, 3.63) is 23.3 Å². The first kappa shape index (κ1) is 12.5. The van der Waals surface area contributed by atoms with E-state index in [2.05, 4.69) is 10.3 Å². The minimum absolute atomic E-state index is 0.142. The molecule has 0 aliphatic carbocycles. The van der Waals surface area contributed by atoms with E-state index in [0.29, 0.717) is 10.6 Å². The number of aromatic nitrogens is 1. The third kappa shape index (κ3) is 1.99. The van der Waals surface area contributed by atoms with E-state index in [1.807, 2.05) is 0 Å². The molecule has 3 rings (SSSR count). The van der Waals surface area contributed by atoms with E-state index in [1.165, 1.54) is 16.2 Å². The minimum atomic E-state index is -0.490. The van der Waals surface area contributed by atoms with Gasteiger partial charge in [-0.15, -0.1) is 11.3 Å². The number of thiophene rings is 1. The number of pyridine rings is 1. The van der Waals surface area contributed by atoms with E-state index in [9.17, 15) is 14.4 Å². The van der Waals surface area contributed by atoms with Crippen molar-refractivity contribution in [2.24, 2.45) is 0 Å². The molecule has 0 unspecified atom stereocenters. The van der Waals surface area contributed by atoms with Crippen LogP contribution in [0.1, 0.15) is 9.67 Å². The zero-order chi connectivity index (χ0) is 14.3. The molecule has 3 heterocycles. The first-order valence-corrected chi connectivity index (χ1v) is 6.62. The van der Waals surface area contributed by atoms with Crippen molar-refractivity contribution < 1.29 is 14.4 Å². The SMILES string of the molecule is Nc1c(C(=O)N2CC(=O)NC(=O)C2)sc2cnccc12. The highest BCUT2D eigenvalue weighted by atomic mass is 32.1. The van der Waals surface area contributed by atoms with Crippen LogP contribution in [0.3, 0.4) is 0 Å². The molecule has 1 saturated heterocycles. The fourth-order valence-electron chi connectivity index (χ4n) is 2.05. The number of imide groups is 1. The quantitative estimate of drug-likeness (QED) is 0.718. The van der Waals surface area contributed by atoms with Gasteiger partial charge < -0.3 is 10.6 Å². The number of carbonyl (C=O) groups is 3. The number of nitrogen functional groups attached to an aromatic ring is 1. The summed E-state index contributed by atoms with van der Waals surface area (Å²) in [6.45, 7) is -0.285. The molecule has 102 valence electrons. The van der Waals surface area contributed by atoms with E-state index < -0.39 is 17.7 Å². The number of hydrogen-bond donors (Lipinski definition) is 2. The van der Waals surface area contributed by atoms with Crippen LogP contribution in [0.4, 0.5) is 5.69 Å². The number of fused-ring (bicyclic) bond motifs is 1. The summed E-state index contributed by atoms with van der Waals surface area (Å²) < 4.78 is 0.793. The Bertz CT molecular complexity index is 723. The van der Waals surface area contributed by atoms with Gasteiger partial charge in [0, 0.05) is 17.8 Å². The number of rotatable bonds is 1. The molecule has 7 nitrogen and oxygen atoms in total. The number of nitrogens with two attached hydrogens (primary N) is 1. The lowest BCUT2D eigenvalue weighted by atomic mass is 10.2. The Hall–Kier alpha value is -2.48. The molecule has 3 N–H and O–H groups in total. The molecule has 0 bridgehead atoms. The molecule has 20 heavy (non-hydrogen) atoms. The maximum Gasteiger partial charge on any atom is 0.267 e. The van der Waals surface area contributed by atoms with Gasteiger partial charge in [0.25, 0.3) is 5.91 Å². The average Bonchev–Trinajstić information content (AvgIpc) is 2.75. The Morgan fingerprint density at radius 2 is 2.05 bits per heavy atom. The predicted molar refractivity (Wildman–Crippen MR) is 73.1 cm³/mol. The molecule has 0 radical (unpaired) electrons. The molecule has 2 aromatic rings. The van der Waals surface area contributed by atoms with Gasteiger partial charge in [-0.2, -0.15) is 0 Å². The lowest BCUT2D eigenvalue weighted by Crippen LogP contribution is -2.53. The molecule has 0 spiro atoms. The van der Waals surface area contributed by atoms with Crippen LogP contribution < -0.4 is 11.1 Å².